The number of hydrogen-bond acceptors (Lipinski definition) is 3. The number of aromatic nitrogens is 1. The average Bonchev–Trinajstić information content (AvgIpc) is 2.14. The van der Waals surface area contributed by atoms with Crippen LogP contribution in [-0.2, 0) is 0 Å². The molecule has 4 heteroatoms. The predicted molar refractivity (Wildman–Crippen MR) is 49.1 cm³/mol. The molecule has 1 aromatic rings. The third kappa shape index (κ3) is 2.61. The van der Waals surface area contributed by atoms with Crippen LogP contribution in [0.5, 0.6) is 0 Å². The van der Waals surface area contributed by atoms with Crippen LogP contribution >= 0.6 is 0 Å². The summed E-state index contributed by atoms with van der Waals surface area (Å²) in [5.41, 5.74) is 3.29. The molecular formula is C9H12FN3. The molecule has 0 aliphatic heterocycles. The molecule has 3 N–H and O–H groups in total. The first kappa shape index (κ1) is 9.83. The summed E-state index contributed by atoms with van der Waals surface area (Å²) in [7, 11) is 0. The first-order valence-corrected chi connectivity index (χ1v) is 3.95. The standard InChI is InChI=1S/C9H12FN3/c1-2-3-9(13-11)7-4-8(10)6-12-5-7/h2,4-6,9,13H,1,3,11H2. The quantitative estimate of drug-likeness (QED) is 0.418. The molecule has 1 atom stereocenters. The van der Waals surface area contributed by atoms with Gasteiger partial charge in [-0.1, -0.05) is 6.08 Å². The van der Waals surface area contributed by atoms with E-state index in [4.69, 9.17) is 5.84 Å². The van der Waals surface area contributed by atoms with E-state index < -0.39 is 0 Å². The lowest BCUT2D eigenvalue weighted by atomic mass is 10.1. The van der Waals surface area contributed by atoms with E-state index >= 15 is 0 Å². The van der Waals surface area contributed by atoms with Crippen LogP contribution in [0, 0.1) is 5.82 Å². The van der Waals surface area contributed by atoms with Gasteiger partial charge >= 0.3 is 0 Å². The van der Waals surface area contributed by atoms with Gasteiger partial charge in [0.25, 0.3) is 0 Å². The van der Waals surface area contributed by atoms with Crippen LogP contribution in [-0.4, -0.2) is 4.98 Å². The zero-order valence-electron chi connectivity index (χ0n) is 7.20. The van der Waals surface area contributed by atoms with Crippen molar-refractivity contribution in [3.05, 3.63) is 42.5 Å². The Balaban J connectivity index is 2.84. The first-order chi connectivity index (χ1) is 6.27. The van der Waals surface area contributed by atoms with Gasteiger partial charge in [-0.05, 0) is 18.1 Å². The summed E-state index contributed by atoms with van der Waals surface area (Å²) in [6, 6.07) is 1.28. The number of nitrogens with one attached hydrogen (secondary N) is 1. The van der Waals surface area contributed by atoms with Crippen molar-refractivity contribution in [2.75, 3.05) is 0 Å². The molecule has 13 heavy (non-hydrogen) atoms. The lowest BCUT2D eigenvalue weighted by Crippen LogP contribution is -2.27. The molecule has 0 radical (unpaired) electrons. The van der Waals surface area contributed by atoms with Gasteiger partial charge in [0.1, 0.15) is 5.82 Å². The van der Waals surface area contributed by atoms with E-state index in [2.05, 4.69) is 17.0 Å². The molecule has 0 amide bonds. The van der Waals surface area contributed by atoms with Gasteiger partial charge in [0.15, 0.2) is 0 Å². The maximum absolute atomic E-state index is 12.7. The second kappa shape index (κ2) is 4.69. The lowest BCUT2D eigenvalue weighted by Gasteiger charge is -2.13. The minimum atomic E-state index is -0.359. The summed E-state index contributed by atoms with van der Waals surface area (Å²) in [6.07, 6.45) is 5.10. The Morgan fingerprint density at radius 1 is 1.69 bits per heavy atom. The molecule has 1 aromatic heterocycles. The monoisotopic (exact) mass is 181 g/mol. The van der Waals surface area contributed by atoms with E-state index in [1.54, 1.807) is 12.3 Å². The largest absolute Gasteiger partial charge is 0.271 e. The molecule has 1 unspecified atom stereocenters. The van der Waals surface area contributed by atoms with Crippen LogP contribution in [0.3, 0.4) is 0 Å². The van der Waals surface area contributed by atoms with E-state index in [9.17, 15) is 4.39 Å². The fourth-order valence-electron chi connectivity index (χ4n) is 1.09. The molecule has 0 fully saturated rings. The third-order valence-electron chi connectivity index (χ3n) is 1.73. The minimum absolute atomic E-state index is 0.124. The predicted octanol–water partition coefficient (Wildman–Crippen LogP) is 1.30. The van der Waals surface area contributed by atoms with Gasteiger partial charge in [0, 0.05) is 6.20 Å². The van der Waals surface area contributed by atoms with E-state index in [1.165, 1.54) is 6.07 Å². The molecule has 70 valence electrons. The molecular weight excluding hydrogens is 169 g/mol. The van der Waals surface area contributed by atoms with Crippen molar-refractivity contribution in [1.29, 1.82) is 0 Å². The Bertz CT molecular complexity index is 288. The van der Waals surface area contributed by atoms with Crippen LogP contribution in [0.4, 0.5) is 4.39 Å². The van der Waals surface area contributed by atoms with Crippen molar-refractivity contribution >= 4 is 0 Å². The fourth-order valence-corrected chi connectivity index (χ4v) is 1.09. The molecule has 1 heterocycles. The van der Waals surface area contributed by atoms with Crippen LogP contribution in [0.25, 0.3) is 0 Å². The summed E-state index contributed by atoms with van der Waals surface area (Å²) >= 11 is 0. The number of hydrogen-bond donors (Lipinski definition) is 2. The van der Waals surface area contributed by atoms with Crippen molar-refractivity contribution in [2.24, 2.45) is 5.84 Å². The number of rotatable bonds is 4. The van der Waals surface area contributed by atoms with Crippen molar-refractivity contribution < 1.29 is 4.39 Å². The van der Waals surface area contributed by atoms with Crippen LogP contribution in [0.2, 0.25) is 0 Å². The molecule has 0 aliphatic rings. The first-order valence-electron chi connectivity index (χ1n) is 3.95. The van der Waals surface area contributed by atoms with Crippen molar-refractivity contribution in [1.82, 2.24) is 10.4 Å². The Morgan fingerprint density at radius 3 is 3.00 bits per heavy atom. The summed E-state index contributed by atoms with van der Waals surface area (Å²) in [5, 5.41) is 0. The Hall–Kier alpha value is -1.26. The van der Waals surface area contributed by atoms with Gasteiger partial charge in [-0.25, -0.2) is 4.39 Å². The second-order valence-corrected chi connectivity index (χ2v) is 2.68. The maximum Gasteiger partial charge on any atom is 0.141 e. The van der Waals surface area contributed by atoms with Crippen molar-refractivity contribution in [3.63, 3.8) is 0 Å². The number of pyridine rings is 1. The van der Waals surface area contributed by atoms with Crippen LogP contribution < -0.4 is 11.3 Å². The molecule has 0 aromatic carbocycles. The summed E-state index contributed by atoms with van der Waals surface area (Å²) in [4.78, 5) is 3.73. The topological polar surface area (TPSA) is 50.9 Å². The highest BCUT2D eigenvalue weighted by Gasteiger charge is 2.08. The highest BCUT2D eigenvalue weighted by Crippen LogP contribution is 2.15. The SMILES string of the molecule is C=CCC(NN)c1cncc(F)c1. The summed E-state index contributed by atoms with van der Waals surface area (Å²) < 4.78 is 12.7. The van der Waals surface area contributed by atoms with Gasteiger partial charge in [0.2, 0.25) is 0 Å². The van der Waals surface area contributed by atoms with E-state index in [1.807, 2.05) is 0 Å². The Kier molecular flexibility index (Phi) is 3.54. The highest BCUT2D eigenvalue weighted by atomic mass is 19.1. The smallest absolute Gasteiger partial charge is 0.141 e. The van der Waals surface area contributed by atoms with Gasteiger partial charge in [0.05, 0.1) is 12.2 Å². The average molecular weight is 181 g/mol. The molecule has 3 nitrogen and oxygen atoms in total. The molecule has 0 saturated carbocycles. The summed E-state index contributed by atoms with van der Waals surface area (Å²) in [6.45, 7) is 3.59. The molecule has 0 spiro atoms. The fraction of sp³-hybridized carbons (Fsp3) is 0.222. The van der Waals surface area contributed by atoms with Crippen LogP contribution in [0.1, 0.15) is 18.0 Å². The van der Waals surface area contributed by atoms with Crippen LogP contribution in [0.15, 0.2) is 31.1 Å². The Morgan fingerprint density at radius 2 is 2.46 bits per heavy atom. The minimum Gasteiger partial charge on any atom is -0.271 e. The molecule has 1 rings (SSSR count). The van der Waals surface area contributed by atoms with Gasteiger partial charge in [-0.2, -0.15) is 0 Å². The molecule has 0 saturated heterocycles. The zero-order valence-corrected chi connectivity index (χ0v) is 7.20. The number of nitrogens with zero attached hydrogens (tertiary/aromatic N) is 1. The maximum atomic E-state index is 12.7. The van der Waals surface area contributed by atoms with Crippen molar-refractivity contribution in [2.45, 2.75) is 12.5 Å². The number of halogens is 1. The normalized spacial score (nSPS) is 12.5. The highest BCUT2D eigenvalue weighted by molar-refractivity contribution is 5.15. The van der Waals surface area contributed by atoms with E-state index in [-0.39, 0.29) is 11.9 Å². The van der Waals surface area contributed by atoms with E-state index in [0.717, 1.165) is 11.8 Å². The Labute approximate surface area is 76.4 Å². The number of hydrazine groups is 1. The van der Waals surface area contributed by atoms with E-state index in [0.29, 0.717) is 6.42 Å². The lowest BCUT2D eigenvalue weighted by molar-refractivity contribution is 0.549. The second-order valence-electron chi connectivity index (χ2n) is 2.68. The third-order valence-corrected chi connectivity index (χ3v) is 1.73. The zero-order chi connectivity index (χ0) is 9.68. The van der Waals surface area contributed by atoms with Gasteiger partial charge in [-0.15, -0.1) is 6.58 Å². The van der Waals surface area contributed by atoms with Gasteiger partial charge in [-0.3, -0.25) is 16.3 Å². The molecule has 0 aliphatic carbocycles. The summed E-state index contributed by atoms with van der Waals surface area (Å²) in [5.74, 6) is 4.93. The molecule has 0 bridgehead atoms. The number of nitrogens with two attached hydrogens (primary N) is 1. The van der Waals surface area contributed by atoms with Crippen molar-refractivity contribution in [3.8, 4) is 0 Å². The van der Waals surface area contributed by atoms with Gasteiger partial charge < -0.3 is 0 Å².